The number of hydrogen-bond donors (Lipinski definition) is 1. The Morgan fingerprint density at radius 1 is 1.14 bits per heavy atom. The predicted molar refractivity (Wildman–Crippen MR) is 91.0 cm³/mol. The Labute approximate surface area is 137 Å². The normalized spacial score (nSPS) is 38.7. The van der Waals surface area contributed by atoms with Crippen molar-refractivity contribution in [3.8, 4) is 0 Å². The summed E-state index contributed by atoms with van der Waals surface area (Å²) < 4.78 is 1.18. The molecule has 0 saturated heterocycles. The molecule has 2 heteroatoms. The third-order valence-corrected chi connectivity index (χ3v) is 7.00. The molecule has 4 fully saturated rings. The third-order valence-electron chi connectivity index (χ3n) is 6.51. The molecule has 0 radical (unpaired) electrons. The molecule has 0 heterocycles. The number of benzene rings is 1. The minimum Gasteiger partial charge on any atom is -0.310 e. The van der Waals surface area contributed by atoms with Crippen molar-refractivity contribution in [1.82, 2.24) is 5.32 Å². The molecular weight excluding hydrogens is 322 g/mol. The zero-order chi connectivity index (χ0) is 14.4. The van der Waals surface area contributed by atoms with Crippen molar-refractivity contribution >= 4 is 15.9 Å². The standard InChI is InChI=1S/C19H26BrN/c1-13(21-12-14-3-2-4-18(20)8-14)19-9-15-5-16(10-19)7-17(6-15)11-19/h2-4,8,13,15-17,21H,5-7,9-12H2,1H3. The maximum Gasteiger partial charge on any atom is 0.0208 e. The SMILES string of the molecule is CC(NCc1cccc(Br)c1)C12CC3CC(CC(C3)C1)C2. The summed E-state index contributed by atoms with van der Waals surface area (Å²) in [6.45, 7) is 3.45. The van der Waals surface area contributed by atoms with Crippen LogP contribution in [-0.4, -0.2) is 6.04 Å². The second-order valence-electron chi connectivity index (χ2n) is 8.01. The van der Waals surface area contributed by atoms with Crippen LogP contribution in [0.5, 0.6) is 0 Å². The first kappa shape index (κ1) is 14.3. The van der Waals surface area contributed by atoms with Crippen molar-refractivity contribution in [1.29, 1.82) is 0 Å². The fourth-order valence-electron chi connectivity index (χ4n) is 5.84. The highest BCUT2D eigenvalue weighted by Gasteiger charge is 2.52. The molecule has 0 aliphatic heterocycles. The van der Waals surface area contributed by atoms with Gasteiger partial charge in [-0.15, -0.1) is 0 Å². The highest BCUT2D eigenvalue weighted by Crippen LogP contribution is 2.61. The third kappa shape index (κ3) is 2.70. The Morgan fingerprint density at radius 2 is 1.76 bits per heavy atom. The van der Waals surface area contributed by atoms with Crippen LogP contribution in [0.15, 0.2) is 28.7 Å². The maximum absolute atomic E-state index is 3.86. The molecule has 1 atom stereocenters. The highest BCUT2D eigenvalue weighted by atomic mass is 79.9. The van der Waals surface area contributed by atoms with Crippen molar-refractivity contribution in [2.24, 2.45) is 23.2 Å². The summed E-state index contributed by atoms with van der Waals surface area (Å²) in [6.07, 6.45) is 9.09. The molecule has 1 N–H and O–H groups in total. The maximum atomic E-state index is 3.86. The lowest BCUT2D eigenvalue weighted by molar-refractivity contribution is -0.0706. The van der Waals surface area contributed by atoms with Crippen LogP contribution in [0, 0.1) is 23.2 Å². The molecule has 114 valence electrons. The van der Waals surface area contributed by atoms with E-state index in [1.54, 1.807) is 0 Å². The summed E-state index contributed by atoms with van der Waals surface area (Å²) in [5.74, 6) is 3.14. The number of nitrogens with one attached hydrogen (secondary N) is 1. The molecule has 4 bridgehead atoms. The quantitative estimate of drug-likeness (QED) is 0.794. The van der Waals surface area contributed by atoms with E-state index >= 15 is 0 Å². The van der Waals surface area contributed by atoms with E-state index in [2.05, 4.69) is 52.4 Å². The van der Waals surface area contributed by atoms with E-state index in [1.807, 2.05) is 0 Å². The predicted octanol–water partition coefficient (Wildman–Crippen LogP) is 5.14. The van der Waals surface area contributed by atoms with Crippen LogP contribution in [0.25, 0.3) is 0 Å². The van der Waals surface area contributed by atoms with Gasteiger partial charge in [0.2, 0.25) is 0 Å². The van der Waals surface area contributed by atoms with E-state index in [0.717, 1.165) is 24.3 Å². The van der Waals surface area contributed by atoms with Crippen molar-refractivity contribution in [2.75, 3.05) is 0 Å². The van der Waals surface area contributed by atoms with Gasteiger partial charge in [-0.25, -0.2) is 0 Å². The van der Waals surface area contributed by atoms with Crippen molar-refractivity contribution in [3.63, 3.8) is 0 Å². The van der Waals surface area contributed by atoms with E-state index in [-0.39, 0.29) is 0 Å². The molecule has 5 rings (SSSR count). The van der Waals surface area contributed by atoms with E-state index in [1.165, 1.54) is 48.6 Å². The molecular formula is C19H26BrN. The van der Waals surface area contributed by atoms with Crippen LogP contribution in [0.1, 0.15) is 51.0 Å². The van der Waals surface area contributed by atoms with Gasteiger partial charge in [-0.3, -0.25) is 0 Å². The summed E-state index contributed by atoms with van der Waals surface area (Å²) in [7, 11) is 0. The van der Waals surface area contributed by atoms with Gasteiger partial charge in [-0.2, -0.15) is 0 Å². The summed E-state index contributed by atoms with van der Waals surface area (Å²) in [4.78, 5) is 0. The zero-order valence-electron chi connectivity index (χ0n) is 12.9. The van der Waals surface area contributed by atoms with Gasteiger partial charge in [0, 0.05) is 17.1 Å². The lowest BCUT2D eigenvalue weighted by atomic mass is 9.48. The van der Waals surface area contributed by atoms with E-state index in [9.17, 15) is 0 Å². The summed E-state index contributed by atoms with van der Waals surface area (Å²) in [5.41, 5.74) is 2.00. The monoisotopic (exact) mass is 347 g/mol. The lowest BCUT2D eigenvalue weighted by Gasteiger charge is -2.59. The topological polar surface area (TPSA) is 12.0 Å². The molecule has 1 nitrogen and oxygen atoms in total. The van der Waals surface area contributed by atoms with Crippen LogP contribution < -0.4 is 5.32 Å². The van der Waals surface area contributed by atoms with Crippen molar-refractivity contribution in [2.45, 2.75) is 58.0 Å². The second kappa shape index (κ2) is 5.38. The Kier molecular flexibility index (Phi) is 3.66. The zero-order valence-corrected chi connectivity index (χ0v) is 14.5. The second-order valence-corrected chi connectivity index (χ2v) is 8.93. The largest absolute Gasteiger partial charge is 0.310 e. The van der Waals surface area contributed by atoms with Crippen molar-refractivity contribution in [3.05, 3.63) is 34.3 Å². The highest BCUT2D eigenvalue weighted by molar-refractivity contribution is 9.10. The average Bonchev–Trinajstić information content (AvgIpc) is 2.43. The van der Waals surface area contributed by atoms with Gasteiger partial charge < -0.3 is 5.32 Å². The summed E-state index contributed by atoms with van der Waals surface area (Å²) in [5, 5.41) is 3.86. The Bertz CT molecular complexity index is 489. The van der Waals surface area contributed by atoms with Gasteiger partial charge in [0.25, 0.3) is 0 Å². The van der Waals surface area contributed by atoms with Crippen molar-refractivity contribution < 1.29 is 0 Å². The van der Waals surface area contributed by atoms with Crippen LogP contribution in [-0.2, 0) is 6.54 Å². The number of hydrogen-bond acceptors (Lipinski definition) is 1. The molecule has 4 saturated carbocycles. The first-order valence-electron chi connectivity index (χ1n) is 8.61. The van der Waals surface area contributed by atoms with E-state index < -0.39 is 0 Å². The Hall–Kier alpha value is -0.340. The summed E-state index contributed by atoms with van der Waals surface area (Å²) in [6, 6.07) is 9.36. The summed E-state index contributed by atoms with van der Waals surface area (Å²) >= 11 is 3.57. The first-order valence-corrected chi connectivity index (χ1v) is 9.40. The first-order chi connectivity index (χ1) is 10.1. The fourth-order valence-corrected chi connectivity index (χ4v) is 6.29. The van der Waals surface area contributed by atoms with Gasteiger partial charge in [0.1, 0.15) is 0 Å². The van der Waals surface area contributed by atoms with Crippen LogP contribution in [0.4, 0.5) is 0 Å². The average molecular weight is 348 g/mol. The molecule has 4 aliphatic rings. The number of rotatable bonds is 4. The van der Waals surface area contributed by atoms with Crippen LogP contribution in [0.2, 0.25) is 0 Å². The molecule has 1 unspecified atom stereocenters. The molecule has 4 aliphatic carbocycles. The minimum absolute atomic E-state index is 0.612. The van der Waals surface area contributed by atoms with E-state index in [4.69, 9.17) is 0 Å². The molecule has 0 spiro atoms. The molecule has 1 aromatic carbocycles. The Morgan fingerprint density at radius 3 is 2.33 bits per heavy atom. The van der Waals surface area contributed by atoms with Gasteiger partial charge in [-0.05, 0) is 86.3 Å². The lowest BCUT2D eigenvalue weighted by Crippen LogP contribution is -2.54. The van der Waals surface area contributed by atoms with Crippen LogP contribution >= 0.6 is 15.9 Å². The Balaban J connectivity index is 1.44. The van der Waals surface area contributed by atoms with E-state index in [0.29, 0.717) is 11.5 Å². The molecule has 0 aromatic heterocycles. The van der Waals surface area contributed by atoms with Gasteiger partial charge in [0.15, 0.2) is 0 Å². The van der Waals surface area contributed by atoms with Gasteiger partial charge in [0.05, 0.1) is 0 Å². The van der Waals surface area contributed by atoms with Crippen LogP contribution in [0.3, 0.4) is 0 Å². The minimum atomic E-state index is 0.612. The van der Waals surface area contributed by atoms with Gasteiger partial charge in [-0.1, -0.05) is 28.1 Å². The molecule has 21 heavy (non-hydrogen) atoms. The smallest absolute Gasteiger partial charge is 0.0208 e. The fraction of sp³-hybridized carbons (Fsp3) is 0.684. The molecule has 0 amide bonds. The molecule has 1 aromatic rings. The van der Waals surface area contributed by atoms with Gasteiger partial charge >= 0.3 is 0 Å². The number of halogens is 1.